The van der Waals surface area contributed by atoms with Gasteiger partial charge in [-0.15, -0.1) is 0 Å². The fourth-order valence-electron chi connectivity index (χ4n) is 2.97. The van der Waals surface area contributed by atoms with Crippen LogP contribution in [0.2, 0.25) is 0 Å². The first-order valence-electron chi connectivity index (χ1n) is 8.16. The molecule has 2 heterocycles. The molecule has 134 valence electrons. The lowest BCUT2D eigenvalue weighted by molar-refractivity contribution is 0.411. The van der Waals surface area contributed by atoms with Crippen LogP contribution in [0.1, 0.15) is 24.0 Å². The first-order chi connectivity index (χ1) is 11.9. The number of nitrogens with zero attached hydrogens (tertiary/aromatic N) is 3. The molecule has 0 saturated carbocycles. The van der Waals surface area contributed by atoms with E-state index in [1.54, 1.807) is 32.4 Å². The number of methoxy groups -OCH3 is 1. The van der Waals surface area contributed by atoms with E-state index in [-0.39, 0.29) is 10.7 Å². The molecular formula is C17H22N4O3S. The number of benzene rings is 1. The van der Waals surface area contributed by atoms with Crippen molar-refractivity contribution >= 4 is 21.7 Å². The van der Waals surface area contributed by atoms with Gasteiger partial charge in [0.25, 0.3) is 10.0 Å². The SMILES string of the molecule is COc1cc(C)c(S(=O)(=O)Nc2cncc(N3CCCC3)n2)cc1C. The molecule has 0 bridgehead atoms. The molecule has 1 saturated heterocycles. The van der Waals surface area contributed by atoms with E-state index < -0.39 is 10.0 Å². The highest BCUT2D eigenvalue weighted by Crippen LogP contribution is 2.27. The Morgan fingerprint density at radius 1 is 1.12 bits per heavy atom. The summed E-state index contributed by atoms with van der Waals surface area (Å²) in [6.45, 7) is 5.39. The highest BCUT2D eigenvalue weighted by molar-refractivity contribution is 7.92. The molecule has 0 unspecified atom stereocenters. The van der Waals surface area contributed by atoms with E-state index in [0.717, 1.165) is 31.5 Å². The molecule has 3 rings (SSSR count). The van der Waals surface area contributed by atoms with Crippen molar-refractivity contribution in [3.05, 3.63) is 35.7 Å². The van der Waals surface area contributed by atoms with Gasteiger partial charge in [0.05, 0.1) is 24.4 Å². The highest BCUT2D eigenvalue weighted by atomic mass is 32.2. The molecule has 0 spiro atoms. The number of sulfonamides is 1. The van der Waals surface area contributed by atoms with Crippen LogP contribution in [0.3, 0.4) is 0 Å². The summed E-state index contributed by atoms with van der Waals surface area (Å²) in [6, 6.07) is 3.32. The van der Waals surface area contributed by atoms with Crippen LogP contribution < -0.4 is 14.4 Å². The average molecular weight is 362 g/mol. The summed E-state index contributed by atoms with van der Waals surface area (Å²) in [6.07, 6.45) is 5.30. The summed E-state index contributed by atoms with van der Waals surface area (Å²) < 4.78 is 33.3. The molecule has 25 heavy (non-hydrogen) atoms. The molecule has 0 radical (unpaired) electrons. The molecule has 0 atom stereocenters. The summed E-state index contributed by atoms with van der Waals surface area (Å²) in [5.41, 5.74) is 1.36. The lowest BCUT2D eigenvalue weighted by atomic mass is 10.1. The molecule has 0 aliphatic carbocycles. The quantitative estimate of drug-likeness (QED) is 0.880. The van der Waals surface area contributed by atoms with E-state index in [0.29, 0.717) is 17.1 Å². The van der Waals surface area contributed by atoms with Crippen molar-refractivity contribution in [3.8, 4) is 5.75 Å². The Hall–Kier alpha value is -2.35. The molecule has 2 aromatic rings. The van der Waals surface area contributed by atoms with Gasteiger partial charge >= 0.3 is 0 Å². The lowest BCUT2D eigenvalue weighted by Gasteiger charge is -2.17. The van der Waals surface area contributed by atoms with Crippen LogP contribution in [0.15, 0.2) is 29.4 Å². The molecule has 1 aromatic carbocycles. The maximum absolute atomic E-state index is 12.8. The summed E-state index contributed by atoms with van der Waals surface area (Å²) >= 11 is 0. The van der Waals surface area contributed by atoms with Gasteiger partial charge in [-0.05, 0) is 49.9 Å². The van der Waals surface area contributed by atoms with E-state index in [2.05, 4.69) is 19.6 Å². The van der Waals surface area contributed by atoms with E-state index in [1.165, 1.54) is 6.20 Å². The molecule has 1 N–H and O–H groups in total. The molecule has 1 fully saturated rings. The maximum atomic E-state index is 12.8. The molecule has 1 aliphatic heterocycles. The number of aryl methyl sites for hydroxylation is 2. The molecular weight excluding hydrogens is 340 g/mol. The Labute approximate surface area is 148 Å². The number of nitrogens with one attached hydrogen (secondary N) is 1. The monoisotopic (exact) mass is 362 g/mol. The Balaban J connectivity index is 1.89. The van der Waals surface area contributed by atoms with Crippen LogP contribution in [0.5, 0.6) is 5.75 Å². The van der Waals surface area contributed by atoms with Crippen LogP contribution in [0.4, 0.5) is 11.6 Å². The third-order valence-corrected chi connectivity index (χ3v) is 5.77. The van der Waals surface area contributed by atoms with Crippen molar-refractivity contribution in [2.75, 3.05) is 29.8 Å². The van der Waals surface area contributed by atoms with Crippen molar-refractivity contribution in [3.63, 3.8) is 0 Å². The van der Waals surface area contributed by atoms with Crippen molar-refractivity contribution in [1.29, 1.82) is 0 Å². The van der Waals surface area contributed by atoms with Crippen molar-refractivity contribution in [1.82, 2.24) is 9.97 Å². The van der Waals surface area contributed by atoms with E-state index in [1.807, 2.05) is 6.92 Å². The predicted molar refractivity (Wildman–Crippen MR) is 96.8 cm³/mol. The first kappa shape index (κ1) is 17.5. The smallest absolute Gasteiger partial charge is 0.263 e. The fraction of sp³-hybridized carbons (Fsp3) is 0.412. The zero-order valence-corrected chi connectivity index (χ0v) is 15.4. The third kappa shape index (κ3) is 3.68. The Morgan fingerprint density at radius 3 is 2.52 bits per heavy atom. The minimum absolute atomic E-state index is 0.208. The second-order valence-corrected chi connectivity index (χ2v) is 7.80. The zero-order chi connectivity index (χ0) is 18.0. The van der Waals surface area contributed by atoms with Gasteiger partial charge in [0.1, 0.15) is 11.6 Å². The zero-order valence-electron chi connectivity index (χ0n) is 14.6. The number of hydrogen-bond acceptors (Lipinski definition) is 6. The van der Waals surface area contributed by atoms with Crippen LogP contribution in [0.25, 0.3) is 0 Å². The first-order valence-corrected chi connectivity index (χ1v) is 9.64. The second kappa shape index (κ2) is 6.87. The van der Waals surface area contributed by atoms with E-state index in [4.69, 9.17) is 4.74 Å². The average Bonchev–Trinajstić information content (AvgIpc) is 3.11. The third-order valence-electron chi connectivity index (χ3n) is 4.27. The van der Waals surface area contributed by atoms with Crippen molar-refractivity contribution < 1.29 is 13.2 Å². The minimum atomic E-state index is -3.76. The highest BCUT2D eigenvalue weighted by Gasteiger charge is 2.21. The number of aromatic nitrogens is 2. The Morgan fingerprint density at radius 2 is 1.84 bits per heavy atom. The van der Waals surface area contributed by atoms with Gasteiger partial charge in [-0.25, -0.2) is 13.4 Å². The maximum Gasteiger partial charge on any atom is 0.263 e. The summed E-state index contributed by atoms with van der Waals surface area (Å²) in [5, 5.41) is 0. The largest absolute Gasteiger partial charge is 0.496 e. The van der Waals surface area contributed by atoms with Crippen LogP contribution >= 0.6 is 0 Å². The van der Waals surface area contributed by atoms with Crippen molar-refractivity contribution in [2.45, 2.75) is 31.6 Å². The normalized spacial score (nSPS) is 14.6. The number of ether oxygens (including phenoxy) is 1. The van der Waals surface area contributed by atoms with Gasteiger partial charge in [-0.2, -0.15) is 0 Å². The van der Waals surface area contributed by atoms with Gasteiger partial charge in [0.2, 0.25) is 0 Å². The fourth-order valence-corrected chi connectivity index (χ4v) is 4.27. The van der Waals surface area contributed by atoms with E-state index >= 15 is 0 Å². The summed E-state index contributed by atoms with van der Waals surface area (Å²) in [5.74, 6) is 1.57. The number of anilines is 2. The number of rotatable bonds is 5. The topological polar surface area (TPSA) is 84.4 Å². The molecule has 7 nitrogen and oxygen atoms in total. The van der Waals surface area contributed by atoms with Gasteiger partial charge in [-0.3, -0.25) is 9.71 Å². The van der Waals surface area contributed by atoms with Crippen molar-refractivity contribution in [2.24, 2.45) is 0 Å². The van der Waals surface area contributed by atoms with Gasteiger partial charge in [-0.1, -0.05) is 0 Å². The predicted octanol–water partition coefficient (Wildman–Crippen LogP) is 2.50. The molecule has 1 aliphatic rings. The molecule has 1 aromatic heterocycles. The second-order valence-electron chi connectivity index (χ2n) is 6.15. The Bertz CT molecular complexity index is 877. The van der Waals surface area contributed by atoms with Gasteiger partial charge in [0, 0.05) is 13.1 Å². The standard InChI is InChI=1S/C17H22N4O3S/c1-12-9-15(13(2)8-14(12)24-3)25(22,23)20-16-10-18-11-17(19-16)21-6-4-5-7-21/h8-11H,4-7H2,1-3H3,(H,19,20). The van der Waals surface area contributed by atoms with Crippen LogP contribution in [-0.4, -0.2) is 38.6 Å². The van der Waals surface area contributed by atoms with Gasteiger partial charge in [0.15, 0.2) is 5.82 Å². The lowest BCUT2D eigenvalue weighted by Crippen LogP contribution is -2.21. The summed E-state index contributed by atoms with van der Waals surface area (Å²) in [4.78, 5) is 10.8. The van der Waals surface area contributed by atoms with E-state index in [9.17, 15) is 8.42 Å². The van der Waals surface area contributed by atoms with Crippen LogP contribution in [-0.2, 0) is 10.0 Å². The molecule has 0 amide bonds. The van der Waals surface area contributed by atoms with Crippen LogP contribution in [0, 0.1) is 13.8 Å². The van der Waals surface area contributed by atoms with Gasteiger partial charge < -0.3 is 9.64 Å². The Kier molecular flexibility index (Phi) is 4.80. The molecule has 8 heteroatoms. The minimum Gasteiger partial charge on any atom is -0.496 e. The number of hydrogen-bond donors (Lipinski definition) is 1. The summed E-state index contributed by atoms with van der Waals surface area (Å²) in [7, 11) is -2.20.